The fourth-order valence-electron chi connectivity index (χ4n) is 3.93. The standard InChI is InChI=1S/C27H27N5O3/c1-18-14-19(2)16-23(15-18)32-27(35)31(17-21-9-5-4-8-20(21)3)26(34)24(30-32)25(33)29-13-11-22-10-6-7-12-28-22/h4-10,12,14-16H,11,13,17H2,1-3H3,(H,29,33). The van der Waals surface area contributed by atoms with Gasteiger partial charge in [-0.1, -0.05) is 36.4 Å². The first-order chi connectivity index (χ1) is 16.8. The zero-order valence-corrected chi connectivity index (χ0v) is 20.0. The van der Waals surface area contributed by atoms with E-state index in [0.717, 1.165) is 37.2 Å². The van der Waals surface area contributed by atoms with Crippen LogP contribution in [0.1, 0.15) is 38.4 Å². The van der Waals surface area contributed by atoms with Crippen molar-refractivity contribution < 1.29 is 4.79 Å². The maximum atomic E-state index is 13.4. The van der Waals surface area contributed by atoms with Gasteiger partial charge in [0.1, 0.15) is 0 Å². The summed E-state index contributed by atoms with van der Waals surface area (Å²) in [6.45, 7) is 6.05. The SMILES string of the molecule is Cc1cc(C)cc(-n2nc(C(=O)NCCc3ccccn3)c(=O)n(Cc3ccccc3C)c2=O)c1. The number of amides is 1. The lowest BCUT2D eigenvalue weighted by atomic mass is 10.1. The van der Waals surface area contributed by atoms with Crippen molar-refractivity contribution >= 4 is 5.91 Å². The molecule has 8 heteroatoms. The van der Waals surface area contributed by atoms with Gasteiger partial charge in [-0.15, -0.1) is 0 Å². The summed E-state index contributed by atoms with van der Waals surface area (Å²) in [4.78, 5) is 44.0. The average molecular weight is 470 g/mol. The predicted molar refractivity (Wildman–Crippen MR) is 134 cm³/mol. The number of pyridine rings is 1. The third kappa shape index (κ3) is 5.43. The van der Waals surface area contributed by atoms with Crippen molar-refractivity contribution in [2.24, 2.45) is 0 Å². The van der Waals surface area contributed by atoms with E-state index < -0.39 is 17.2 Å². The molecular weight excluding hydrogens is 442 g/mol. The van der Waals surface area contributed by atoms with Gasteiger partial charge in [0.25, 0.3) is 11.5 Å². The molecule has 2 heterocycles. The van der Waals surface area contributed by atoms with Crippen LogP contribution >= 0.6 is 0 Å². The van der Waals surface area contributed by atoms with E-state index >= 15 is 0 Å². The minimum atomic E-state index is -0.728. The fraction of sp³-hybridized carbons (Fsp3) is 0.222. The number of nitrogens with zero attached hydrogens (tertiary/aromatic N) is 4. The van der Waals surface area contributed by atoms with E-state index in [1.807, 2.05) is 69.3 Å². The summed E-state index contributed by atoms with van der Waals surface area (Å²) in [6, 6.07) is 18.6. The molecular formula is C27H27N5O3. The van der Waals surface area contributed by atoms with Crippen LogP contribution in [-0.4, -0.2) is 31.8 Å². The van der Waals surface area contributed by atoms with Crippen LogP contribution in [-0.2, 0) is 13.0 Å². The zero-order valence-electron chi connectivity index (χ0n) is 20.0. The molecule has 0 aliphatic heterocycles. The number of rotatable bonds is 7. The Morgan fingerprint density at radius 1 is 0.943 bits per heavy atom. The zero-order chi connectivity index (χ0) is 24.9. The van der Waals surface area contributed by atoms with Gasteiger partial charge in [0.2, 0.25) is 5.69 Å². The van der Waals surface area contributed by atoms with Crippen molar-refractivity contribution in [2.75, 3.05) is 6.54 Å². The minimum absolute atomic E-state index is 0.0336. The van der Waals surface area contributed by atoms with Gasteiger partial charge in [0.05, 0.1) is 12.2 Å². The Morgan fingerprint density at radius 2 is 1.66 bits per heavy atom. The first-order valence-electron chi connectivity index (χ1n) is 11.4. The van der Waals surface area contributed by atoms with Gasteiger partial charge in [0.15, 0.2) is 0 Å². The summed E-state index contributed by atoms with van der Waals surface area (Å²) in [5, 5.41) is 6.96. The molecule has 0 saturated carbocycles. The van der Waals surface area contributed by atoms with Crippen LogP contribution in [0.3, 0.4) is 0 Å². The molecule has 1 N–H and O–H groups in total. The Balaban J connectivity index is 1.76. The van der Waals surface area contributed by atoms with Crippen molar-refractivity contribution in [2.45, 2.75) is 33.7 Å². The Morgan fingerprint density at radius 3 is 2.34 bits per heavy atom. The molecule has 0 aliphatic carbocycles. The molecule has 4 rings (SSSR count). The van der Waals surface area contributed by atoms with Crippen LogP contribution < -0.4 is 16.6 Å². The van der Waals surface area contributed by atoms with Crippen molar-refractivity contribution in [3.8, 4) is 5.69 Å². The summed E-state index contributed by atoms with van der Waals surface area (Å²) < 4.78 is 2.20. The second kappa shape index (κ2) is 10.3. The van der Waals surface area contributed by atoms with Crippen LogP contribution in [0.25, 0.3) is 5.69 Å². The Kier molecular flexibility index (Phi) is 7.01. The van der Waals surface area contributed by atoms with E-state index in [0.29, 0.717) is 12.1 Å². The number of aromatic nitrogens is 4. The lowest BCUT2D eigenvalue weighted by molar-refractivity contribution is 0.0944. The van der Waals surface area contributed by atoms with Crippen LogP contribution in [0.4, 0.5) is 0 Å². The number of carbonyl (C=O) groups is 1. The predicted octanol–water partition coefficient (Wildman–Crippen LogP) is 2.74. The van der Waals surface area contributed by atoms with Gasteiger partial charge >= 0.3 is 5.69 Å². The number of benzene rings is 2. The topological polar surface area (TPSA) is 98.9 Å². The van der Waals surface area contributed by atoms with E-state index in [4.69, 9.17) is 0 Å². The largest absolute Gasteiger partial charge is 0.352 e. The van der Waals surface area contributed by atoms with Crippen molar-refractivity contribution in [3.05, 3.63) is 121 Å². The quantitative estimate of drug-likeness (QED) is 0.449. The molecule has 0 unspecified atom stereocenters. The van der Waals surface area contributed by atoms with Crippen LogP contribution in [0.2, 0.25) is 0 Å². The highest BCUT2D eigenvalue weighted by Gasteiger charge is 2.21. The molecule has 1 amide bonds. The molecule has 2 aromatic carbocycles. The number of hydrogen-bond acceptors (Lipinski definition) is 5. The van der Waals surface area contributed by atoms with E-state index in [-0.39, 0.29) is 18.8 Å². The van der Waals surface area contributed by atoms with Crippen LogP contribution in [0.5, 0.6) is 0 Å². The van der Waals surface area contributed by atoms with Crippen LogP contribution in [0, 0.1) is 20.8 Å². The molecule has 178 valence electrons. The van der Waals surface area contributed by atoms with Crippen molar-refractivity contribution in [3.63, 3.8) is 0 Å². The molecule has 2 aromatic heterocycles. The Bertz CT molecular complexity index is 1470. The van der Waals surface area contributed by atoms with Gasteiger partial charge in [-0.05, 0) is 67.3 Å². The van der Waals surface area contributed by atoms with Gasteiger partial charge in [-0.25, -0.2) is 4.79 Å². The van der Waals surface area contributed by atoms with E-state index in [9.17, 15) is 14.4 Å². The van der Waals surface area contributed by atoms with Crippen molar-refractivity contribution in [1.82, 2.24) is 24.6 Å². The average Bonchev–Trinajstić information content (AvgIpc) is 2.83. The molecule has 4 aromatic rings. The smallest absolute Gasteiger partial charge is 0.350 e. The number of aryl methyl sites for hydroxylation is 3. The molecule has 35 heavy (non-hydrogen) atoms. The van der Waals surface area contributed by atoms with Gasteiger partial charge in [-0.2, -0.15) is 9.78 Å². The Labute approximate surface area is 202 Å². The monoisotopic (exact) mass is 469 g/mol. The normalized spacial score (nSPS) is 10.8. The fourth-order valence-corrected chi connectivity index (χ4v) is 3.93. The number of carbonyl (C=O) groups excluding carboxylic acids is 1. The highest BCUT2D eigenvalue weighted by molar-refractivity contribution is 5.91. The van der Waals surface area contributed by atoms with E-state index in [1.54, 1.807) is 18.3 Å². The number of nitrogens with one attached hydrogen (secondary N) is 1. The molecule has 0 fully saturated rings. The summed E-state index contributed by atoms with van der Waals surface area (Å²) >= 11 is 0. The highest BCUT2D eigenvalue weighted by atomic mass is 16.2. The molecule has 8 nitrogen and oxygen atoms in total. The summed E-state index contributed by atoms with van der Waals surface area (Å²) in [6.07, 6.45) is 2.18. The minimum Gasteiger partial charge on any atom is -0.350 e. The van der Waals surface area contributed by atoms with Crippen molar-refractivity contribution in [1.29, 1.82) is 0 Å². The number of hydrogen-bond donors (Lipinski definition) is 1. The third-order valence-corrected chi connectivity index (χ3v) is 5.71. The molecule has 0 saturated heterocycles. The second-order valence-electron chi connectivity index (χ2n) is 8.53. The van der Waals surface area contributed by atoms with Crippen LogP contribution in [0.15, 0.2) is 76.4 Å². The molecule has 0 aliphatic rings. The molecule has 0 atom stereocenters. The molecule has 0 bridgehead atoms. The van der Waals surface area contributed by atoms with E-state index in [2.05, 4.69) is 15.4 Å². The van der Waals surface area contributed by atoms with Gasteiger partial charge in [0, 0.05) is 24.9 Å². The summed E-state index contributed by atoms with van der Waals surface area (Å²) in [5.74, 6) is -0.636. The molecule has 0 radical (unpaired) electrons. The second-order valence-corrected chi connectivity index (χ2v) is 8.53. The lowest BCUT2D eigenvalue weighted by Crippen LogP contribution is -2.46. The first-order valence-corrected chi connectivity index (χ1v) is 11.4. The summed E-state index contributed by atoms with van der Waals surface area (Å²) in [5.41, 5.74) is 3.27. The maximum absolute atomic E-state index is 13.4. The summed E-state index contributed by atoms with van der Waals surface area (Å²) in [7, 11) is 0. The molecule has 0 spiro atoms. The van der Waals surface area contributed by atoms with E-state index in [1.165, 1.54) is 0 Å². The first kappa shape index (κ1) is 23.8. The third-order valence-electron chi connectivity index (χ3n) is 5.71. The maximum Gasteiger partial charge on any atom is 0.352 e. The Hall–Kier alpha value is -4.33. The highest BCUT2D eigenvalue weighted by Crippen LogP contribution is 2.12. The van der Waals surface area contributed by atoms with Gasteiger partial charge in [-0.3, -0.25) is 19.1 Å². The van der Waals surface area contributed by atoms with Gasteiger partial charge < -0.3 is 5.32 Å². The lowest BCUT2D eigenvalue weighted by Gasteiger charge is -2.14.